The first kappa shape index (κ1) is 20.6. The number of para-hydroxylation sites is 1. The summed E-state index contributed by atoms with van der Waals surface area (Å²) in [7, 11) is 4.77. The molecule has 0 fully saturated rings. The molecule has 1 aliphatic heterocycles. The maximum absolute atomic E-state index is 10.2. The van der Waals surface area contributed by atoms with Gasteiger partial charge in [-0.2, -0.15) is 0 Å². The van der Waals surface area contributed by atoms with Crippen molar-refractivity contribution >= 4 is 6.47 Å². The van der Waals surface area contributed by atoms with Gasteiger partial charge in [-0.25, -0.2) is 0 Å². The Hall–Kier alpha value is -3.09. The third-order valence-electron chi connectivity index (χ3n) is 5.01. The molecule has 29 heavy (non-hydrogen) atoms. The summed E-state index contributed by atoms with van der Waals surface area (Å²) in [6.07, 6.45) is 3.01. The predicted octanol–water partition coefficient (Wildman–Crippen LogP) is 3.41. The second kappa shape index (κ2) is 9.91. The van der Waals surface area contributed by atoms with E-state index in [1.54, 1.807) is 21.3 Å². The molecule has 0 amide bonds. The first-order valence-electron chi connectivity index (χ1n) is 9.41. The quantitative estimate of drug-likeness (QED) is 0.686. The van der Waals surface area contributed by atoms with Crippen LogP contribution in [0.3, 0.4) is 0 Å². The molecule has 7 heteroatoms. The fourth-order valence-corrected chi connectivity index (χ4v) is 3.56. The maximum atomic E-state index is 10.2. The molecule has 0 aromatic heterocycles. The molecule has 1 unspecified atom stereocenters. The van der Waals surface area contributed by atoms with Gasteiger partial charge in [-0.1, -0.05) is 6.07 Å². The van der Waals surface area contributed by atoms with Crippen LogP contribution < -0.4 is 23.7 Å². The Morgan fingerprint density at radius 3 is 2.24 bits per heavy atom. The third-order valence-corrected chi connectivity index (χ3v) is 5.01. The average molecular weight is 402 g/mol. The van der Waals surface area contributed by atoms with Crippen molar-refractivity contribution in [3.63, 3.8) is 0 Å². The number of methoxy groups -OCH3 is 3. The smallest absolute Gasteiger partial charge is 0.293 e. The lowest BCUT2D eigenvalue weighted by Crippen LogP contribution is -2.18. The molecule has 0 saturated carbocycles. The Kier molecular flexibility index (Phi) is 7.05. The molecule has 1 aliphatic carbocycles. The van der Waals surface area contributed by atoms with Crippen LogP contribution in [0.1, 0.15) is 17.5 Å². The second-order valence-electron chi connectivity index (χ2n) is 6.71. The van der Waals surface area contributed by atoms with E-state index in [-0.39, 0.29) is 0 Å². The standard InChI is InChI=1S/C13H14O4.C9H12O3/c14-7-15-6-9-1-2-10-4-12-13(17-8-16-12)5-11(10)3-9;1-10-7-5-4-6-8(11-2)9(7)12-3/h4-5,7,9H,1-3,6,8H2;4-6H,1-3H3. The van der Waals surface area contributed by atoms with Crippen LogP contribution in [0.25, 0.3) is 0 Å². The van der Waals surface area contributed by atoms with Crippen molar-refractivity contribution in [2.75, 3.05) is 34.7 Å². The van der Waals surface area contributed by atoms with Crippen LogP contribution in [-0.4, -0.2) is 41.2 Å². The first-order chi connectivity index (χ1) is 14.2. The van der Waals surface area contributed by atoms with Crippen LogP contribution in [0.5, 0.6) is 28.7 Å². The minimum Gasteiger partial charge on any atom is -0.493 e. The van der Waals surface area contributed by atoms with Gasteiger partial charge in [0.05, 0.1) is 27.9 Å². The van der Waals surface area contributed by atoms with Gasteiger partial charge in [0.15, 0.2) is 23.0 Å². The number of fused-ring (bicyclic) bond motifs is 2. The molecular weight excluding hydrogens is 376 g/mol. The first-order valence-corrected chi connectivity index (χ1v) is 9.41. The van der Waals surface area contributed by atoms with Gasteiger partial charge in [0.25, 0.3) is 6.47 Å². The van der Waals surface area contributed by atoms with E-state index in [1.165, 1.54) is 11.1 Å². The zero-order chi connectivity index (χ0) is 20.6. The Morgan fingerprint density at radius 2 is 1.66 bits per heavy atom. The topological polar surface area (TPSA) is 72.5 Å². The Labute approximate surface area is 170 Å². The molecule has 0 saturated heterocycles. The summed E-state index contributed by atoms with van der Waals surface area (Å²) in [5, 5.41) is 0. The molecule has 2 aromatic rings. The lowest BCUT2D eigenvalue weighted by Gasteiger charge is -2.23. The van der Waals surface area contributed by atoms with E-state index in [2.05, 4.69) is 12.1 Å². The number of ether oxygens (including phenoxy) is 6. The van der Waals surface area contributed by atoms with Crippen molar-refractivity contribution in [2.45, 2.75) is 19.3 Å². The van der Waals surface area contributed by atoms with Crippen LogP contribution in [0, 0.1) is 5.92 Å². The SMILES string of the molecule is COc1cccc(OC)c1OC.O=COCC1CCc2cc3c(cc2C1)OCO3. The predicted molar refractivity (Wildman–Crippen MR) is 106 cm³/mol. The monoisotopic (exact) mass is 402 g/mol. The van der Waals surface area contributed by atoms with Crippen LogP contribution in [0.2, 0.25) is 0 Å². The molecule has 156 valence electrons. The summed E-state index contributed by atoms with van der Waals surface area (Å²) in [6, 6.07) is 9.63. The number of aryl methyl sites for hydroxylation is 1. The third kappa shape index (κ3) is 4.85. The van der Waals surface area contributed by atoms with Crippen molar-refractivity contribution in [1.82, 2.24) is 0 Å². The molecule has 2 aromatic carbocycles. The zero-order valence-corrected chi connectivity index (χ0v) is 16.9. The zero-order valence-electron chi connectivity index (χ0n) is 16.9. The van der Waals surface area contributed by atoms with Gasteiger partial charge in [-0.3, -0.25) is 4.79 Å². The van der Waals surface area contributed by atoms with Crippen LogP contribution in [0.4, 0.5) is 0 Å². The largest absolute Gasteiger partial charge is 0.493 e. The molecule has 1 atom stereocenters. The van der Waals surface area contributed by atoms with Gasteiger partial charge >= 0.3 is 0 Å². The molecule has 0 bridgehead atoms. The van der Waals surface area contributed by atoms with Gasteiger partial charge < -0.3 is 28.4 Å². The summed E-state index contributed by atoms with van der Waals surface area (Å²) < 4.78 is 30.8. The number of carbonyl (C=O) groups excluding carboxylic acids is 1. The van der Waals surface area contributed by atoms with Crippen molar-refractivity contribution < 1.29 is 33.2 Å². The second-order valence-corrected chi connectivity index (χ2v) is 6.71. The Morgan fingerprint density at radius 1 is 1.00 bits per heavy atom. The lowest BCUT2D eigenvalue weighted by atomic mass is 9.84. The minimum atomic E-state index is 0.315. The molecule has 1 heterocycles. The molecule has 0 N–H and O–H groups in total. The maximum Gasteiger partial charge on any atom is 0.293 e. The summed E-state index contributed by atoms with van der Waals surface area (Å²) in [5.74, 6) is 4.09. The minimum absolute atomic E-state index is 0.315. The molecule has 2 aliphatic rings. The summed E-state index contributed by atoms with van der Waals surface area (Å²) >= 11 is 0. The molecule has 0 radical (unpaired) electrons. The Bertz CT molecular complexity index is 812. The number of carbonyl (C=O) groups is 1. The van der Waals surface area contributed by atoms with E-state index < -0.39 is 0 Å². The van der Waals surface area contributed by atoms with Gasteiger partial charge in [0, 0.05) is 0 Å². The molecule has 7 nitrogen and oxygen atoms in total. The summed E-state index contributed by atoms with van der Waals surface area (Å²) in [4.78, 5) is 10.2. The van der Waals surface area contributed by atoms with Crippen LogP contribution in [0.15, 0.2) is 30.3 Å². The van der Waals surface area contributed by atoms with E-state index in [9.17, 15) is 4.79 Å². The molecule has 0 spiro atoms. The van der Waals surface area contributed by atoms with Crippen molar-refractivity contribution in [3.8, 4) is 28.7 Å². The number of benzene rings is 2. The number of hydrogen-bond acceptors (Lipinski definition) is 7. The van der Waals surface area contributed by atoms with Crippen molar-refractivity contribution in [2.24, 2.45) is 5.92 Å². The van der Waals surface area contributed by atoms with Crippen molar-refractivity contribution in [3.05, 3.63) is 41.5 Å². The average Bonchev–Trinajstić information content (AvgIpc) is 3.22. The van der Waals surface area contributed by atoms with Gasteiger partial charge in [0.2, 0.25) is 12.5 Å². The van der Waals surface area contributed by atoms with Crippen LogP contribution >= 0.6 is 0 Å². The molecule has 4 rings (SSSR count). The number of rotatable bonds is 6. The highest BCUT2D eigenvalue weighted by molar-refractivity contribution is 5.51. The highest BCUT2D eigenvalue weighted by Crippen LogP contribution is 2.38. The molecular formula is C22H26O7. The van der Waals surface area contributed by atoms with E-state index in [1.807, 2.05) is 18.2 Å². The fourth-order valence-electron chi connectivity index (χ4n) is 3.56. The normalized spacial score (nSPS) is 16.0. The van der Waals surface area contributed by atoms with E-state index in [0.29, 0.717) is 43.0 Å². The van der Waals surface area contributed by atoms with E-state index >= 15 is 0 Å². The fraction of sp³-hybridized carbons (Fsp3) is 0.409. The van der Waals surface area contributed by atoms with E-state index in [4.69, 9.17) is 28.4 Å². The highest BCUT2D eigenvalue weighted by Gasteiger charge is 2.23. The summed E-state index contributed by atoms with van der Waals surface area (Å²) in [6.45, 7) is 1.35. The van der Waals surface area contributed by atoms with Crippen LogP contribution in [-0.2, 0) is 22.4 Å². The highest BCUT2D eigenvalue weighted by atomic mass is 16.7. The van der Waals surface area contributed by atoms with E-state index in [0.717, 1.165) is 30.8 Å². The Balaban J connectivity index is 0.000000177. The van der Waals surface area contributed by atoms with Gasteiger partial charge in [-0.15, -0.1) is 0 Å². The lowest BCUT2D eigenvalue weighted by molar-refractivity contribution is -0.130. The van der Waals surface area contributed by atoms with Gasteiger partial charge in [-0.05, 0) is 60.6 Å². The summed E-state index contributed by atoms with van der Waals surface area (Å²) in [5.41, 5.74) is 2.62. The van der Waals surface area contributed by atoms with Crippen molar-refractivity contribution in [1.29, 1.82) is 0 Å². The van der Waals surface area contributed by atoms with Gasteiger partial charge in [0.1, 0.15) is 0 Å². The number of hydrogen-bond donors (Lipinski definition) is 0.